The predicted octanol–water partition coefficient (Wildman–Crippen LogP) is 5.33. The van der Waals surface area contributed by atoms with Crippen molar-refractivity contribution in [3.8, 4) is 5.75 Å². The van der Waals surface area contributed by atoms with E-state index >= 15 is 0 Å². The quantitative estimate of drug-likeness (QED) is 0.123. The van der Waals surface area contributed by atoms with E-state index in [9.17, 15) is 9.59 Å². The number of anilines is 2. The molecule has 50 heavy (non-hydrogen) atoms. The summed E-state index contributed by atoms with van der Waals surface area (Å²) in [7, 11) is 1.88. The summed E-state index contributed by atoms with van der Waals surface area (Å²) in [6.45, 7) is 13.2. The maximum absolute atomic E-state index is 13.5. The Hall–Kier alpha value is -5.50. The van der Waals surface area contributed by atoms with Gasteiger partial charge in [0, 0.05) is 32.7 Å². The number of ether oxygens (including phenoxy) is 1. The summed E-state index contributed by atoms with van der Waals surface area (Å²) in [6, 6.07) is 15.5. The zero-order chi connectivity index (χ0) is 35.4. The van der Waals surface area contributed by atoms with E-state index in [2.05, 4.69) is 36.8 Å². The van der Waals surface area contributed by atoms with Gasteiger partial charge in [-0.1, -0.05) is 12.1 Å². The van der Waals surface area contributed by atoms with Crippen LogP contribution in [0.2, 0.25) is 0 Å². The SMILES string of the molecule is CCn1nc(C)cc1C(=O)Nc1nc2cc(C)ccc2n1CCCCn1c(NC(=O)c2cc(C)nn2CC)nc2c(OCCNC)cccc21. The van der Waals surface area contributed by atoms with Crippen molar-refractivity contribution in [1.82, 2.24) is 44.0 Å². The largest absolute Gasteiger partial charge is 0.490 e. The number of imidazole rings is 2. The van der Waals surface area contributed by atoms with Gasteiger partial charge in [-0.3, -0.25) is 29.6 Å². The van der Waals surface area contributed by atoms with Crippen LogP contribution in [0.3, 0.4) is 0 Å². The molecule has 3 N–H and O–H groups in total. The maximum Gasteiger partial charge on any atom is 0.276 e. The van der Waals surface area contributed by atoms with Crippen LogP contribution >= 0.6 is 0 Å². The molecule has 0 atom stereocenters. The second-order valence-electron chi connectivity index (χ2n) is 12.3. The molecule has 14 nitrogen and oxygen atoms in total. The molecule has 0 aliphatic heterocycles. The number of carbonyl (C=O) groups is 2. The molecular weight excluding hydrogens is 634 g/mol. The van der Waals surface area contributed by atoms with E-state index in [4.69, 9.17) is 14.7 Å². The minimum Gasteiger partial charge on any atom is -0.490 e. The van der Waals surface area contributed by atoms with Crippen molar-refractivity contribution in [3.63, 3.8) is 0 Å². The van der Waals surface area contributed by atoms with Gasteiger partial charge in [-0.05, 0) is 96.5 Å². The van der Waals surface area contributed by atoms with Crippen LogP contribution in [0.1, 0.15) is 64.6 Å². The van der Waals surface area contributed by atoms with Gasteiger partial charge in [-0.25, -0.2) is 9.97 Å². The monoisotopic (exact) mass is 679 g/mol. The van der Waals surface area contributed by atoms with E-state index in [1.165, 1.54) is 0 Å². The van der Waals surface area contributed by atoms with Crippen LogP contribution < -0.4 is 20.7 Å². The standard InChI is InChI=1S/C36H45N11O3/c1-7-46-29(21-24(4)42-46)33(48)40-35-38-26-20-23(3)14-15-27(26)44(35)17-9-10-18-45-28-12-11-13-31(50-19-16-37-6)32(28)39-36(45)41-34(49)30-22-25(5)43-47(30)8-2/h11-15,20-22,37H,7-10,16-19H2,1-6H3,(H,38,40,48)(H,39,41,49). The van der Waals surface area contributed by atoms with Crippen LogP contribution in [0.15, 0.2) is 48.5 Å². The number of aromatic nitrogens is 8. The predicted molar refractivity (Wildman–Crippen MR) is 194 cm³/mol. The number of para-hydroxylation sites is 1. The van der Waals surface area contributed by atoms with Crippen molar-refractivity contribution in [1.29, 1.82) is 0 Å². The Morgan fingerprint density at radius 1 is 0.760 bits per heavy atom. The van der Waals surface area contributed by atoms with Crippen LogP contribution in [0, 0.1) is 20.8 Å². The molecule has 2 aromatic carbocycles. The van der Waals surface area contributed by atoms with Crippen molar-refractivity contribution in [2.75, 3.05) is 30.8 Å². The number of nitrogens with one attached hydrogen (secondary N) is 3. The fraction of sp³-hybridized carbons (Fsp3) is 0.389. The van der Waals surface area contributed by atoms with Gasteiger partial charge >= 0.3 is 0 Å². The number of hydrogen-bond donors (Lipinski definition) is 3. The molecule has 0 radical (unpaired) electrons. The molecule has 262 valence electrons. The number of benzene rings is 2. The lowest BCUT2D eigenvalue weighted by atomic mass is 10.2. The number of nitrogens with zero attached hydrogens (tertiary/aromatic N) is 8. The van der Waals surface area contributed by atoms with Gasteiger partial charge < -0.3 is 19.2 Å². The van der Waals surface area contributed by atoms with E-state index in [-0.39, 0.29) is 11.8 Å². The molecule has 0 aliphatic carbocycles. The van der Waals surface area contributed by atoms with Gasteiger partial charge in [0.05, 0.1) is 27.9 Å². The summed E-state index contributed by atoms with van der Waals surface area (Å²) in [4.78, 5) is 36.6. The molecule has 4 aromatic heterocycles. The Bertz CT molecular complexity index is 2150. The Kier molecular flexibility index (Phi) is 10.3. The number of rotatable bonds is 15. The van der Waals surface area contributed by atoms with Gasteiger partial charge in [0.25, 0.3) is 11.8 Å². The number of aryl methyl sites for hydroxylation is 7. The second kappa shape index (κ2) is 14.9. The lowest BCUT2D eigenvalue weighted by Gasteiger charge is -2.13. The Morgan fingerprint density at radius 3 is 1.96 bits per heavy atom. The third kappa shape index (κ3) is 7.10. The summed E-state index contributed by atoms with van der Waals surface area (Å²) < 4.78 is 13.5. The van der Waals surface area contributed by atoms with E-state index < -0.39 is 0 Å². The molecule has 0 bridgehead atoms. The Balaban J connectivity index is 1.25. The first-order valence-corrected chi connectivity index (χ1v) is 17.2. The van der Waals surface area contributed by atoms with Crippen molar-refractivity contribution >= 4 is 45.8 Å². The molecule has 2 amide bonds. The summed E-state index contributed by atoms with van der Waals surface area (Å²) >= 11 is 0. The Labute approximate surface area is 290 Å². The number of hydrogen-bond acceptors (Lipinski definition) is 8. The minimum absolute atomic E-state index is 0.252. The van der Waals surface area contributed by atoms with Crippen LogP contribution in [0.5, 0.6) is 5.75 Å². The van der Waals surface area contributed by atoms with Crippen LogP contribution in [-0.2, 0) is 26.2 Å². The lowest BCUT2D eigenvalue weighted by molar-refractivity contribution is 0.100. The summed E-state index contributed by atoms with van der Waals surface area (Å²) in [5, 5.41) is 18.1. The smallest absolute Gasteiger partial charge is 0.276 e. The third-order valence-electron chi connectivity index (χ3n) is 8.59. The van der Waals surface area contributed by atoms with E-state index in [1.54, 1.807) is 21.5 Å². The maximum atomic E-state index is 13.5. The highest BCUT2D eigenvalue weighted by molar-refractivity contribution is 6.04. The molecule has 0 saturated carbocycles. The number of fused-ring (bicyclic) bond motifs is 2. The van der Waals surface area contributed by atoms with Crippen LogP contribution in [-0.4, -0.2) is 70.7 Å². The molecule has 4 heterocycles. The van der Waals surface area contributed by atoms with Gasteiger partial charge in [0.2, 0.25) is 11.9 Å². The van der Waals surface area contributed by atoms with Crippen molar-refractivity contribution in [2.24, 2.45) is 0 Å². The normalized spacial score (nSPS) is 11.5. The minimum atomic E-state index is -0.276. The number of unbranched alkanes of at least 4 members (excludes halogenated alkanes) is 1. The van der Waals surface area contributed by atoms with Gasteiger partial charge in [0.1, 0.15) is 29.3 Å². The highest BCUT2D eigenvalue weighted by Gasteiger charge is 2.21. The molecule has 0 unspecified atom stereocenters. The molecule has 0 saturated heterocycles. The molecule has 14 heteroatoms. The average Bonchev–Trinajstić information content (AvgIpc) is 3.85. The number of likely N-dealkylation sites (N-methyl/N-ethyl adjacent to an activating group) is 1. The van der Waals surface area contributed by atoms with Gasteiger partial charge in [-0.2, -0.15) is 10.2 Å². The van der Waals surface area contributed by atoms with Gasteiger partial charge in [-0.15, -0.1) is 0 Å². The first-order chi connectivity index (χ1) is 24.2. The van der Waals surface area contributed by atoms with E-state index in [1.807, 2.05) is 76.6 Å². The summed E-state index contributed by atoms with van der Waals surface area (Å²) in [6.07, 6.45) is 1.52. The zero-order valence-electron chi connectivity index (χ0n) is 29.6. The fourth-order valence-corrected chi connectivity index (χ4v) is 6.19. The van der Waals surface area contributed by atoms with Crippen LogP contribution in [0.4, 0.5) is 11.9 Å². The topological polar surface area (TPSA) is 151 Å². The molecular formula is C36H45N11O3. The van der Waals surface area contributed by atoms with E-state index in [0.29, 0.717) is 73.9 Å². The molecule has 0 fully saturated rings. The second-order valence-corrected chi connectivity index (χ2v) is 12.3. The zero-order valence-corrected chi connectivity index (χ0v) is 29.6. The molecule has 6 aromatic rings. The van der Waals surface area contributed by atoms with Crippen molar-refractivity contribution < 1.29 is 14.3 Å². The van der Waals surface area contributed by atoms with Crippen molar-refractivity contribution in [3.05, 3.63) is 76.9 Å². The summed E-state index contributed by atoms with van der Waals surface area (Å²) in [5.41, 5.74) is 6.92. The Morgan fingerprint density at radius 2 is 1.36 bits per heavy atom. The fourth-order valence-electron chi connectivity index (χ4n) is 6.19. The number of carbonyl (C=O) groups excluding carboxylic acids is 2. The van der Waals surface area contributed by atoms with Crippen molar-refractivity contribution in [2.45, 2.75) is 73.6 Å². The molecule has 0 aliphatic rings. The highest BCUT2D eigenvalue weighted by Crippen LogP contribution is 2.29. The average molecular weight is 680 g/mol. The first-order valence-electron chi connectivity index (χ1n) is 17.2. The van der Waals surface area contributed by atoms with Crippen LogP contribution in [0.25, 0.3) is 22.1 Å². The van der Waals surface area contributed by atoms with E-state index in [0.717, 1.165) is 46.3 Å². The molecule has 6 rings (SSSR count). The lowest BCUT2D eigenvalue weighted by Crippen LogP contribution is -2.20. The number of amides is 2. The summed E-state index contributed by atoms with van der Waals surface area (Å²) in [5.74, 6) is 1.06. The van der Waals surface area contributed by atoms with Gasteiger partial charge in [0.15, 0.2) is 0 Å². The molecule has 0 spiro atoms. The first kappa shape index (κ1) is 34.4. The third-order valence-corrected chi connectivity index (χ3v) is 8.59. The highest BCUT2D eigenvalue weighted by atomic mass is 16.5.